The van der Waals surface area contributed by atoms with E-state index in [2.05, 4.69) is 5.32 Å². The molecule has 3 rings (SSSR count). The summed E-state index contributed by atoms with van der Waals surface area (Å²) in [5.41, 5.74) is 1.27. The molecular formula is C19H19FN2O3. The second-order valence-corrected chi connectivity index (χ2v) is 5.84. The number of carbonyl (C=O) groups is 2. The van der Waals surface area contributed by atoms with Gasteiger partial charge in [-0.05, 0) is 38.1 Å². The van der Waals surface area contributed by atoms with Gasteiger partial charge in [-0.2, -0.15) is 0 Å². The van der Waals surface area contributed by atoms with Crippen molar-refractivity contribution in [3.05, 3.63) is 53.8 Å². The molecule has 0 aliphatic carbocycles. The van der Waals surface area contributed by atoms with Crippen molar-refractivity contribution >= 4 is 23.2 Å². The van der Waals surface area contributed by atoms with Gasteiger partial charge in [0.25, 0.3) is 5.91 Å². The van der Waals surface area contributed by atoms with E-state index in [0.717, 1.165) is 0 Å². The Morgan fingerprint density at radius 3 is 2.80 bits per heavy atom. The first kappa shape index (κ1) is 17.0. The minimum Gasteiger partial charge on any atom is -0.490 e. The third-order valence-electron chi connectivity index (χ3n) is 4.06. The number of hydrogen-bond acceptors (Lipinski definition) is 3. The second-order valence-electron chi connectivity index (χ2n) is 5.84. The lowest BCUT2D eigenvalue weighted by molar-refractivity contribution is -0.116. The number of rotatable bonds is 3. The van der Waals surface area contributed by atoms with Crippen molar-refractivity contribution in [3.63, 3.8) is 0 Å². The highest BCUT2D eigenvalue weighted by atomic mass is 19.1. The van der Waals surface area contributed by atoms with E-state index in [-0.39, 0.29) is 36.3 Å². The Morgan fingerprint density at radius 1 is 1.28 bits per heavy atom. The normalized spacial score (nSPS) is 16.7. The molecule has 1 aliphatic rings. The van der Waals surface area contributed by atoms with E-state index in [1.54, 1.807) is 38.1 Å². The van der Waals surface area contributed by atoms with Crippen LogP contribution >= 0.6 is 0 Å². The van der Waals surface area contributed by atoms with Gasteiger partial charge in [0.05, 0.1) is 23.5 Å². The van der Waals surface area contributed by atoms with Gasteiger partial charge in [-0.3, -0.25) is 9.59 Å². The summed E-state index contributed by atoms with van der Waals surface area (Å²) in [6.45, 7) is 3.76. The predicted octanol–water partition coefficient (Wildman–Crippen LogP) is 3.60. The molecule has 1 heterocycles. The zero-order valence-corrected chi connectivity index (χ0v) is 14.1. The number of para-hydroxylation sites is 3. The summed E-state index contributed by atoms with van der Waals surface area (Å²) in [6.07, 6.45) is 0.152. The Hall–Kier alpha value is -2.89. The van der Waals surface area contributed by atoms with E-state index >= 15 is 0 Å². The monoisotopic (exact) mass is 342 g/mol. The Kier molecular flexibility index (Phi) is 4.70. The third-order valence-corrected chi connectivity index (χ3v) is 4.06. The molecule has 0 saturated carbocycles. The second kappa shape index (κ2) is 6.93. The highest BCUT2D eigenvalue weighted by molar-refractivity contribution is 6.12. The molecule has 1 atom stereocenters. The number of hydrogen-bond donors (Lipinski definition) is 1. The number of amides is 2. The van der Waals surface area contributed by atoms with Crippen LogP contribution in [0.3, 0.4) is 0 Å². The fourth-order valence-corrected chi connectivity index (χ4v) is 3.00. The molecule has 0 spiro atoms. The van der Waals surface area contributed by atoms with E-state index in [0.29, 0.717) is 11.4 Å². The fraction of sp³-hybridized carbons (Fsp3) is 0.263. The summed E-state index contributed by atoms with van der Waals surface area (Å²) in [5, 5.41) is 2.80. The van der Waals surface area contributed by atoms with Crippen LogP contribution < -0.4 is 15.0 Å². The number of nitrogens with one attached hydrogen (secondary N) is 1. The predicted molar refractivity (Wildman–Crippen MR) is 93.5 cm³/mol. The topological polar surface area (TPSA) is 58.6 Å². The molecule has 6 heteroatoms. The quantitative estimate of drug-likeness (QED) is 0.927. The smallest absolute Gasteiger partial charge is 0.262 e. The SMILES string of the molecule is CCOc1c(F)cccc1C(=O)N1c2ccccc2NC(=O)CC1C. The minimum absolute atomic E-state index is 0.0665. The van der Waals surface area contributed by atoms with Crippen LogP contribution in [0.4, 0.5) is 15.8 Å². The first-order valence-electron chi connectivity index (χ1n) is 8.16. The zero-order valence-electron chi connectivity index (χ0n) is 14.1. The van der Waals surface area contributed by atoms with Crippen molar-refractivity contribution < 1.29 is 18.7 Å². The number of anilines is 2. The summed E-state index contributed by atoms with van der Waals surface area (Å²) in [5.74, 6) is -1.22. The first-order valence-corrected chi connectivity index (χ1v) is 8.16. The van der Waals surface area contributed by atoms with Gasteiger partial charge >= 0.3 is 0 Å². The minimum atomic E-state index is -0.585. The van der Waals surface area contributed by atoms with Crippen LogP contribution in [0.1, 0.15) is 30.6 Å². The van der Waals surface area contributed by atoms with Gasteiger partial charge in [0.2, 0.25) is 5.91 Å². The molecule has 1 N–H and O–H groups in total. The Bertz CT molecular complexity index is 822. The van der Waals surface area contributed by atoms with Crippen molar-refractivity contribution in [1.29, 1.82) is 0 Å². The van der Waals surface area contributed by atoms with E-state index in [1.807, 2.05) is 0 Å². The summed E-state index contributed by atoms with van der Waals surface area (Å²) in [7, 11) is 0. The number of halogens is 1. The van der Waals surface area contributed by atoms with Gasteiger partial charge in [0.1, 0.15) is 0 Å². The maximum absolute atomic E-state index is 14.1. The zero-order chi connectivity index (χ0) is 18.0. The van der Waals surface area contributed by atoms with Crippen molar-refractivity contribution in [3.8, 4) is 5.75 Å². The van der Waals surface area contributed by atoms with Crippen molar-refractivity contribution in [2.24, 2.45) is 0 Å². The van der Waals surface area contributed by atoms with Gasteiger partial charge in [-0.1, -0.05) is 18.2 Å². The number of carbonyl (C=O) groups excluding carboxylic acids is 2. The van der Waals surface area contributed by atoms with Crippen LogP contribution in [-0.2, 0) is 4.79 Å². The lowest BCUT2D eigenvalue weighted by Gasteiger charge is -2.28. The molecule has 0 radical (unpaired) electrons. The van der Waals surface area contributed by atoms with Gasteiger partial charge < -0.3 is 15.0 Å². The van der Waals surface area contributed by atoms with Crippen LogP contribution in [0.5, 0.6) is 5.75 Å². The summed E-state index contributed by atoms with van der Waals surface area (Å²) >= 11 is 0. The van der Waals surface area contributed by atoms with Crippen molar-refractivity contribution in [1.82, 2.24) is 0 Å². The van der Waals surface area contributed by atoms with E-state index in [4.69, 9.17) is 4.74 Å². The largest absolute Gasteiger partial charge is 0.490 e. The number of ether oxygens (including phenoxy) is 1. The molecule has 1 aliphatic heterocycles. The molecule has 1 unspecified atom stereocenters. The van der Waals surface area contributed by atoms with Crippen LogP contribution in [-0.4, -0.2) is 24.5 Å². The fourth-order valence-electron chi connectivity index (χ4n) is 3.00. The van der Waals surface area contributed by atoms with Crippen LogP contribution in [0.2, 0.25) is 0 Å². The summed E-state index contributed by atoms with van der Waals surface area (Å²) < 4.78 is 19.5. The third kappa shape index (κ3) is 3.20. The molecule has 2 amide bonds. The average molecular weight is 342 g/mol. The molecule has 25 heavy (non-hydrogen) atoms. The molecule has 0 bridgehead atoms. The Balaban J connectivity index is 2.10. The number of benzene rings is 2. The molecule has 5 nitrogen and oxygen atoms in total. The maximum atomic E-state index is 14.1. The van der Waals surface area contributed by atoms with Gasteiger partial charge in [0, 0.05) is 12.5 Å². The van der Waals surface area contributed by atoms with Gasteiger partial charge in [-0.15, -0.1) is 0 Å². The Labute approximate surface area is 145 Å². The average Bonchev–Trinajstić information content (AvgIpc) is 2.70. The molecule has 130 valence electrons. The van der Waals surface area contributed by atoms with Gasteiger partial charge in [-0.25, -0.2) is 4.39 Å². The standard InChI is InChI=1S/C19H19FN2O3/c1-3-25-18-13(7-6-8-14(18)20)19(24)22-12(2)11-17(23)21-15-9-4-5-10-16(15)22/h4-10,12H,3,11H2,1-2H3,(H,21,23). The van der Waals surface area contributed by atoms with E-state index in [9.17, 15) is 14.0 Å². The molecule has 2 aromatic carbocycles. The van der Waals surface area contributed by atoms with E-state index < -0.39 is 11.7 Å². The maximum Gasteiger partial charge on any atom is 0.262 e. The van der Waals surface area contributed by atoms with Crippen LogP contribution in [0.15, 0.2) is 42.5 Å². The lowest BCUT2D eigenvalue weighted by atomic mass is 10.1. The van der Waals surface area contributed by atoms with E-state index in [1.165, 1.54) is 23.1 Å². The van der Waals surface area contributed by atoms with Crippen molar-refractivity contribution in [2.45, 2.75) is 26.3 Å². The number of nitrogens with zero attached hydrogens (tertiary/aromatic N) is 1. The Morgan fingerprint density at radius 2 is 2.04 bits per heavy atom. The van der Waals surface area contributed by atoms with Crippen molar-refractivity contribution in [2.75, 3.05) is 16.8 Å². The molecular weight excluding hydrogens is 323 g/mol. The highest BCUT2D eigenvalue weighted by Gasteiger charge is 2.32. The molecule has 0 fully saturated rings. The summed E-state index contributed by atoms with van der Waals surface area (Å²) in [6, 6.07) is 11.0. The van der Waals surface area contributed by atoms with Gasteiger partial charge in [0.15, 0.2) is 11.6 Å². The van der Waals surface area contributed by atoms with Crippen LogP contribution in [0.25, 0.3) is 0 Å². The first-order chi connectivity index (χ1) is 12.0. The number of fused-ring (bicyclic) bond motifs is 1. The highest BCUT2D eigenvalue weighted by Crippen LogP contribution is 2.34. The summed E-state index contributed by atoms with van der Waals surface area (Å²) in [4.78, 5) is 26.8. The molecule has 0 aromatic heterocycles. The molecule has 2 aromatic rings. The van der Waals surface area contributed by atoms with Crippen LogP contribution in [0, 0.1) is 5.82 Å². The lowest BCUT2D eigenvalue weighted by Crippen LogP contribution is -2.39. The molecule has 0 saturated heterocycles.